The Hall–Kier alpha value is -3.28. The summed E-state index contributed by atoms with van der Waals surface area (Å²) in [5.74, 6) is -1.49. The number of carbonyl (C=O) groups is 2. The Morgan fingerprint density at radius 2 is 1.94 bits per heavy atom. The summed E-state index contributed by atoms with van der Waals surface area (Å²) in [5, 5.41) is 20.4. The van der Waals surface area contributed by atoms with Crippen molar-refractivity contribution in [3.8, 4) is 0 Å². The molecule has 0 unspecified atom stereocenters. The van der Waals surface area contributed by atoms with Gasteiger partial charge in [0.25, 0.3) is 11.8 Å². The third kappa shape index (κ3) is 4.90. The average molecular weight is 473 g/mol. The zero-order valence-electron chi connectivity index (χ0n) is 17.7. The van der Waals surface area contributed by atoms with Crippen molar-refractivity contribution < 1.29 is 27.9 Å². The van der Waals surface area contributed by atoms with Crippen LogP contribution in [0, 0.1) is 5.41 Å². The molecule has 2 atom stereocenters. The van der Waals surface area contributed by atoms with Crippen molar-refractivity contribution in [1.82, 2.24) is 0 Å². The highest BCUT2D eigenvalue weighted by atomic mass is 32.2. The van der Waals surface area contributed by atoms with Crippen LogP contribution in [0.4, 0.5) is 11.4 Å². The van der Waals surface area contributed by atoms with Crippen molar-refractivity contribution in [2.75, 3.05) is 29.1 Å². The number of nitrogens with two attached hydrogens (primary N) is 1. The van der Waals surface area contributed by atoms with Gasteiger partial charge in [0.2, 0.25) is 0 Å². The number of aliphatic hydroxyl groups is 1. The van der Waals surface area contributed by atoms with Crippen molar-refractivity contribution in [1.29, 1.82) is 5.41 Å². The van der Waals surface area contributed by atoms with Crippen LogP contribution >= 0.6 is 0 Å². The molecule has 0 aromatic heterocycles. The number of aliphatic hydroxyl groups excluding tert-OH is 1. The van der Waals surface area contributed by atoms with E-state index in [2.05, 4.69) is 5.32 Å². The van der Waals surface area contributed by atoms with Crippen LogP contribution in [-0.4, -0.2) is 62.3 Å². The Bertz CT molecular complexity index is 1210. The molecule has 0 saturated carbocycles. The number of amides is 2. The van der Waals surface area contributed by atoms with E-state index < -0.39 is 33.9 Å². The summed E-state index contributed by atoms with van der Waals surface area (Å²) in [5.41, 5.74) is 8.33. The molecule has 0 bridgehead atoms. The van der Waals surface area contributed by atoms with E-state index in [4.69, 9.17) is 15.9 Å². The number of nitrogens with one attached hydrogen (secondary N) is 2. The lowest BCUT2D eigenvalue weighted by Gasteiger charge is -2.34. The quantitative estimate of drug-likeness (QED) is 0.356. The summed E-state index contributed by atoms with van der Waals surface area (Å²) < 4.78 is 29.4. The van der Waals surface area contributed by atoms with Gasteiger partial charge in [-0.05, 0) is 53.9 Å². The molecule has 0 radical (unpaired) electrons. The molecule has 1 fully saturated rings. The molecule has 5 N–H and O–H groups in total. The van der Waals surface area contributed by atoms with Gasteiger partial charge in [-0.2, -0.15) is 0 Å². The standard InChI is InChI=1S/C22H24N4O6S/c23-20(24)14-1-4-16(5-2-14)25-21(28)18(27)19-22(29)26(8-9-32-19)17-6-3-13-7-10-33(30,31)12-15(13)11-17/h1-6,11,18-19,27H,7-10,12H2,(H3,23,24)(H,25,28)/t18-,19-/m1/s1. The number of benzene rings is 2. The number of amidine groups is 1. The summed E-state index contributed by atoms with van der Waals surface area (Å²) in [6, 6.07) is 11.4. The van der Waals surface area contributed by atoms with Crippen LogP contribution in [0.5, 0.6) is 0 Å². The van der Waals surface area contributed by atoms with Gasteiger partial charge in [0, 0.05) is 23.5 Å². The van der Waals surface area contributed by atoms with Gasteiger partial charge in [-0.25, -0.2) is 8.42 Å². The smallest absolute Gasteiger partial charge is 0.259 e. The lowest BCUT2D eigenvalue weighted by Crippen LogP contribution is -2.55. The molecular weight excluding hydrogens is 448 g/mol. The fourth-order valence-corrected chi connectivity index (χ4v) is 5.33. The van der Waals surface area contributed by atoms with Crippen LogP contribution in [0.25, 0.3) is 0 Å². The van der Waals surface area contributed by atoms with Gasteiger partial charge < -0.3 is 25.8 Å². The first-order chi connectivity index (χ1) is 15.6. The van der Waals surface area contributed by atoms with Gasteiger partial charge in [-0.1, -0.05) is 6.07 Å². The lowest BCUT2D eigenvalue weighted by molar-refractivity contribution is -0.150. The van der Waals surface area contributed by atoms with E-state index in [0.717, 1.165) is 5.56 Å². The molecular formula is C22H24N4O6S. The van der Waals surface area contributed by atoms with E-state index in [1.807, 2.05) is 6.07 Å². The summed E-state index contributed by atoms with van der Waals surface area (Å²) in [4.78, 5) is 27.0. The van der Waals surface area contributed by atoms with Crippen LogP contribution < -0.4 is 16.0 Å². The van der Waals surface area contributed by atoms with E-state index in [9.17, 15) is 23.1 Å². The molecule has 2 amide bonds. The van der Waals surface area contributed by atoms with Crippen molar-refractivity contribution in [3.05, 3.63) is 59.2 Å². The number of hydrogen-bond acceptors (Lipinski definition) is 7. The predicted molar refractivity (Wildman–Crippen MR) is 122 cm³/mol. The van der Waals surface area contributed by atoms with Crippen LogP contribution in [0.15, 0.2) is 42.5 Å². The Morgan fingerprint density at radius 3 is 2.64 bits per heavy atom. The van der Waals surface area contributed by atoms with E-state index >= 15 is 0 Å². The second kappa shape index (κ2) is 8.93. The Balaban J connectivity index is 1.48. The highest BCUT2D eigenvalue weighted by Gasteiger charge is 2.39. The highest BCUT2D eigenvalue weighted by Crippen LogP contribution is 2.28. The monoisotopic (exact) mass is 472 g/mol. The molecule has 2 aromatic carbocycles. The zero-order chi connectivity index (χ0) is 23.8. The maximum atomic E-state index is 13.0. The van der Waals surface area contributed by atoms with Crippen LogP contribution in [0.2, 0.25) is 0 Å². The zero-order valence-corrected chi connectivity index (χ0v) is 18.5. The molecule has 2 aliphatic rings. The number of hydrogen-bond donors (Lipinski definition) is 4. The second-order valence-corrected chi connectivity index (χ2v) is 10.2. The molecule has 11 heteroatoms. The third-order valence-electron chi connectivity index (χ3n) is 5.70. The Kier molecular flexibility index (Phi) is 6.19. The third-order valence-corrected chi connectivity index (χ3v) is 7.28. The first kappa shape index (κ1) is 22.9. The van der Waals surface area contributed by atoms with Crippen molar-refractivity contribution in [3.63, 3.8) is 0 Å². The molecule has 10 nitrogen and oxygen atoms in total. The number of aryl methyl sites for hydroxylation is 1. The van der Waals surface area contributed by atoms with Crippen molar-refractivity contribution in [2.24, 2.45) is 5.73 Å². The topological polar surface area (TPSA) is 163 Å². The van der Waals surface area contributed by atoms with E-state index in [-0.39, 0.29) is 30.5 Å². The number of fused-ring (bicyclic) bond motifs is 1. The average Bonchev–Trinajstić information content (AvgIpc) is 2.78. The first-order valence-electron chi connectivity index (χ1n) is 10.3. The van der Waals surface area contributed by atoms with Gasteiger partial charge in [0.05, 0.1) is 18.1 Å². The minimum Gasteiger partial charge on any atom is -0.384 e. The number of anilines is 2. The largest absolute Gasteiger partial charge is 0.384 e. The normalized spacial score (nSPS) is 20.6. The van der Waals surface area contributed by atoms with Crippen molar-refractivity contribution in [2.45, 2.75) is 24.4 Å². The molecule has 33 heavy (non-hydrogen) atoms. The molecule has 2 aromatic rings. The van der Waals surface area contributed by atoms with Crippen LogP contribution in [0.1, 0.15) is 16.7 Å². The minimum atomic E-state index is -3.17. The fraction of sp³-hybridized carbons (Fsp3) is 0.318. The van der Waals surface area contributed by atoms with Gasteiger partial charge in [-0.3, -0.25) is 15.0 Å². The van der Waals surface area contributed by atoms with Crippen LogP contribution in [-0.2, 0) is 36.3 Å². The summed E-state index contributed by atoms with van der Waals surface area (Å²) in [7, 11) is -3.17. The lowest BCUT2D eigenvalue weighted by atomic mass is 10.0. The van der Waals surface area contributed by atoms with E-state index in [1.165, 1.54) is 17.0 Å². The maximum absolute atomic E-state index is 13.0. The number of morpholine rings is 1. The Morgan fingerprint density at radius 1 is 1.21 bits per heavy atom. The van der Waals surface area contributed by atoms with Gasteiger partial charge >= 0.3 is 0 Å². The van der Waals surface area contributed by atoms with Crippen molar-refractivity contribution >= 4 is 38.9 Å². The van der Waals surface area contributed by atoms with Crippen LogP contribution in [0.3, 0.4) is 0 Å². The maximum Gasteiger partial charge on any atom is 0.259 e. The molecule has 1 saturated heterocycles. The van der Waals surface area contributed by atoms with Gasteiger partial charge in [-0.15, -0.1) is 0 Å². The number of sulfone groups is 1. The SMILES string of the molecule is N=C(N)c1ccc(NC(=O)[C@H](O)[C@H]2OCCN(c3ccc4c(c3)CS(=O)(=O)CC4)C2=O)cc1. The molecule has 0 aliphatic carbocycles. The second-order valence-electron chi connectivity index (χ2n) is 8.00. The first-order valence-corrected chi connectivity index (χ1v) is 12.2. The van der Waals surface area contributed by atoms with E-state index in [0.29, 0.717) is 28.9 Å². The Labute approximate surface area is 190 Å². The van der Waals surface area contributed by atoms with Gasteiger partial charge in [0.15, 0.2) is 22.0 Å². The molecule has 2 aliphatic heterocycles. The number of ether oxygens (including phenoxy) is 1. The predicted octanol–water partition coefficient (Wildman–Crippen LogP) is 0.173. The number of nitrogen functional groups attached to an aromatic ring is 1. The molecule has 2 heterocycles. The molecule has 0 spiro atoms. The number of nitrogens with zero attached hydrogens (tertiary/aromatic N) is 1. The highest BCUT2D eigenvalue weighted by molar-refractivity contribution is 7.90. The number of rotatable bonds is 5. The summed E-state index contributed by atoms with van der Waals surface area (Å²) in [6.45, 7) is 0.311. The summed E-state index contributed by atoms with van der Waals surface area (Å²) in [6.07, 6.45) is -2.73. The molecule has 4 rings (SSSR count). The number of carbonyl (C=O) groups excluding carboxylic acids is 2. The fourth-order valence-electron chi connectivity index (χ4n) is 3.91. The molecule has 174 valence electrons. The van der Waals surface area contributed by atoms with E-state index in [1.54, 1.807) is 24.3 Å². The van der Waals surface area contributed by atoms with Gasteiger partial charge in [0.1, 0.15) is 5.84 Å². The summed E-state index contributed by atoms with van der Waals surface area (Å²) >= 11 is 0. The minimum absolute atomic E-state index is 0.0778.